The molecular formula is C14H21B3BrN3O4. The molecule has 132 valence electrons. The van der Waals surface area contributed by atoms with Crippen molar-refractivity contribution in [3.05, 3.63) is 28.2 Å². The molecule has 0 aliphatic carbocycles. The van der Waals surface area contributed by atoms with Gasteiger partial charge in [-0.15, -0.1) is 0 Å². The summed E-state index contributed by atoms with van der Waals surface area (Å²) in [6.45, 7) is 4.75. The van der Waals surface area contributed by atoms with Crippen LogP contribution in [0.15, 0.2) is 32.7 Å². The molecule has 0 bridgehead atoms. The molecule has 7 nitrogen and oxygen atoms in total. The molecule has 0 aliphatic heterocycles. The van der Waals surface area contributed by atoms with Gasteiger partial charge in [0.05, 0.1) is 0 Å². The first-order chi connectivity index (χ1) is 12.0. The molecule has 1 aromatic carbocycles. The number of ether oxygens (including phenoxy) is 1. The van der Waals surface area contributed by atoms with E-state index in [0.29, 0.717) is 33.2 Å². The first kappa shape index (κ1) is 21.7. The second-order valence-electron chi connectivity index (χ2n) is 5.30. The van der Waals surface area contributed by atoms with Crippen LogP contribution < -0.4 is 9.96 Å². The Morgan fingerprint density at radius 2 is 2.32 bits per heavy atom. The number of nitrogens with zero attached hydrogens (tertiary/aromatic N) is 2. The normalized spacial score (nSPS) is 12.0. The van der Waals surface area contributed by atoms with Gasteiger partial charge in [-0.2, -0.15) is 0 Å². The van der Waals surface area contributed by atoms with E-state index in [1.54, 1.807) is 13.9 Å². The zero-order chi connectivity index (χ0) is 18.5. The summed E-state index contributed by atoms with van der Waals surface area (Å²) < 4.78 is 17.3. The third-order valence-electron chi connectivity index (χ3n) is 3.09. The number of aryl methyl sites for hydroxylation is 1. The van der Waals surface area contributed by atoms with E-state index in [9.17, 15) is 4.70 Å². The zero-order valence-electron chi connectivity index (χ0n) is 14.4. The third kappa shape index (κ3) is 10.3. The quantitative estimate of drug-likeness (QED) is 0.237. The van der Waals surface area contributed by atoms with Crippen LogP contribution in [0.2, 0.25) is 13.1 Å². The van der Waals surface area contributed by atoms with Gasteiger partial charge in [0.15, 0.2) is 0 Å². The summed E-state index contributed by atoms with van der Waals surface area (Å²) in [5.41, 5.74) is 1.01. The van der Waals surface area contributed by atoms with E-state index < -0.39 is 7.05 Å². The van der Waals surface area contributed by atoms with Gasteiger partial charge < -0.3 is 0 Å². The van der Waals surface area contributed by atoms with Crippen molar-refractivity contribution < 1.29 is 19.3 Å². The fourth-order valence-electron chi connectivity index (χ4n) is 1.87. The number of rotatable bonds is 12. The number of aliphatic imine (C=N–C) groups is 1. The van der Waals surface area contributed by atoms with Crippen molar-refractivity contribution in [2.24, 2.45) is 10.1 Å². The summed E-state index contributed by atoms with van der Waals surface area (Å²) in [7, 11) is 1.65. The van der Waals surface area contributed by atoms with E-state index in [1.807, 2.05) is 25.1 Å². The van der Waals surface area contributed by atoms with Gasteiger partial charge in [-0.3, -0.25) is 0 Å². The second-order valence-corrected chi connectivity index (χ2v) is 6.21. The topological polar surface area (TPSA) is 92.5 Å². The van der Waals surface area contributed by atoms with Crippen LogP contribution in [0.1, 0.15) is 5.56 Å². The van der Waals surface area contributed by atoms with Crippen LogP contribution in [-0.2, 0) is 9.54 Å². The summed E-state index contributed by atoms with van der Waals surface area (Å²) in [5, 5.41) is 15.7. The van der Waals surface area contributed by atoms with E-state index >= 15 is 0 Å². The van der Waals surface area contributed by atoms with Crippen LogP contribution in [0.4, 0.5) is 0 Å². The molecule has 0 fully saturated rings. The Labute approximate surface area is 158 Å². The van der Waals surface area contributed by atoms with Crippen LogP contribution in [0.3, 0.4) is 0 Å². The van der Waals surface area contributed by atoms with Crippen LogP contribution in [0.25, 0.3) is 0 Å². The van der Waals surface area contributed by atoms with Gasteiger partial charge in [0, 0.05) is 0 Å². The predicted octanol–water partition coefficient (Wildman–Crippen LogP) is 1.52. The second kappa shape index (κ2) is 13.0. The monoisotopic (exact) mass is 407 g/mol. The van der Waals surface area contributed by atoms with Gasteiger partial charge in [-0.1, -0.05) is 0 Å². The average Bonchev–Trinajstić information content (AvgIpc) is 2.56. The fraction of sp³-hybridized carbons (Fsp3) is 0.500. The van der Waals surface area contributed by atoms with Crippen molar-refractivity contribution >= 4 is 43.3 Å². The van der Waals surface area contributed by atoms with Crippen molar-refractivity contribution in [3.63, 3.8) is 0 Å². The molecule has 0 aromatic heterocycles. The number of benzene rings is 1. The molecule has 11 heteroatoms. The Morgan fingerprint density at radius 1 is 1.52 bits per heavy atom. The maximum atomic E-state index is 10.5. The van der Waals surface area contributed by atoms with Crippen molar-refractivity contribution in [1.82, 2.24) is 5.23 Å². The number of nitrogens with one attached hydrogen (secondary N) is 1. The minimum atomic E-state index is -0.575. The predicted molar refractivity (Wildman–Crippen MR) is 104 cm³/mol. The Balaban J connectivity index is 2.43. The molecule has 0 saturated carbocycles. The van der Waals surface area contributed by atoms with Gasteiger partial charge in [-0.05, 0) is 0 Å². The third-order valence-corrected chi connectivity index (χ3v) is 3.58. The standard InChI is InChI=1S/C14H21B3BrN3O4/c1-11-7-12(18)3-4-14(11)24-9-13(19-10-16-22)8-15-21-25-6-5-20-17(2)23/h3-4,7,10,13,20,23H,5-6,8-9H2,1-2H3/t13-/m1/s1. The Kier molecular flexibility index (Phi) is 11.3. The summed E-state index contributed by atoms with van der Waals surface area (Å²) in [4.78, 5) is 9.20. The van der Waals surface area contributed by atoms with Crippen molar-refractivity contribution in [1.29, 1.82) is 0 Å². The van der Waals surface area contributed by atoms with Crippen LogP contribution in [0, 0.1) is 6.92 Å². The van der Waals surface area contributed by atoms with Gasteiger partial charge in [0.25, 0.3) is 0 Å². The molecule has 0 unspecified atom stereocenters. The van der Waals surface area contributed by atoms with Crippen molar-refractivity contribution in [2.75, 3.05) is 19.8 Å². The van der Waals surface area contributed by atoms with Gasteiger partial charge in [0.2, 0.25) is 0 Å². The Morgan fingerprint density at radius 3 is 3.00 bits per heavy atom. The number of halogens is 1. The van der Waals surface area contributed by atoms with E-state index in [0.717, 1.165) is 15.8 Å². The van der Waals surface area contributed by atoms with Crippen LogP contribution in [-0.4, -0.2) is 58.2 Å². The first-order valence-corrected chi connectivity index (χ1v) is 8.73. The molecule has 1 rings (SSSR count). The van der Waals surface area contributed by atoms with E-state index in [4.69, 9.17) is 14.6 Å². The summed E-state index contributed by atoms with van der Waals surface area (Å²) in [6.07, 6.45) is 1.69. The maximum absolute atomic E-state index is 10.5. The summed E-state index contributed by atoms with van der Waals surface area (Å²) in [6, 6.07) is 5.51. The van der Waals surface area contributed by atoms with Crippen LogP contribution >= 0.6 is 15.9 Å². The molecule has 25 heavy (non-hydrogen) atoms. The summed E-state index contributed by atoms with van der Waals surface area (Å²) >= 11 is 3.41. The fourth-order valence-corrected chi connectivity index (χ4v) is 2.35. The molecule has 0 heterocycles. The molecule has 0 radical (unpaired) electrons. The molecule has 2 N–H and O–H groups in total. The molecule has 0 saturated heterocycles. The van der Waals surface area contributed by atoms with Gasteiger partial charge >= 0.3 is 158 Å². The van der Waals surface area contributed by atoms with E-state index in [2.05, 4.69) is 31.2 Å². The Hall–Kier alpha value is -1.32. The molecule has 1 atom stereocenters. The van der Waals surface area contributed by atoms with E-state index in [-0.39, 0.29) is 6.04 Å². The Bertz CT molecular complexity index is 590. The molecule has 0 aliphatic rings. The molecule has 1 aromatic rings. The summed E-state index contributed by atoms with van der Waals surface area (Å²) in [5.74, 6) is 0.770. The minimum absolute atomic E-state index is 0.240. The average molecular weight is 408 g/mol. The molecule has 0 amide bonds. The van der Waals surface area contributed by atoms with Gasteiger partial charge in [0.1, 0.15) is 0 Å². The SMILES string of the molecule is CB(O)NCCON=BC[C@H](COc1ccc(Br)cc1C)N=CB=O. The van der Waals surface area contributed by atoms with Crippen LogP contribution in [0.5, 0.6) is 5.75 Å². The van der Waals surface area contributed by atoms with Crippen molar-refractivity contribution in [2.45, 2.75) is 26.1 Å². The number of hydrogen-bond donors (Lipinski definition) is 2. The number of hydrogen-bond acceptors (Lipinski definition) is 7. The first-order valence-electron chi connectivity index (χ1n) is 7.94. The molecule has 0 spiro atoms. The van der Waals surface area contributed by atoms with Gasteiger partial charge in [-0.25, -0.2) is 0 Å². The van der Waals surface area contributed by atoms with Crippen molar-refractivity contribution in [3.8, 4) is 5.75 Å². The zero-order valence-corrected chi connectivity index (χ0v) is 16.0. The van der Waals surface area contributed by atoms with E-state index in [1.165, 1.54) is 6.11 Å². The molecular weight excluding hydrogens is 387 g/mol.